The molecule has 1 aromatic carbocycles. The van der Waals surface area contributed by atoms with Crippen molar-refractivity contribution < 1.29 is 14.3 Å². The molecule has 0 aliphatic carbocycles. The number of rotatable bonds is 5. The summed E-state index contributed by atoms with van der Waals surface area (Å²) in [5.41, 5.74) is 2.35. The summed E-state index contributed by atoms with van der Waals surface area (Å²) in [5, 5.41) is 4.19. The van der Waals surface area contributed by atoms with Gasteiger partial charge in [0.25, 0.3) is 0 Å². The number of pyridine rings is 1. The van der Waals surface area contributed by atoms with Crippen molar-refractivity contribution in [1.82, 2.24) is 14.8 Å². The molecule has 0 amide bonds. The zero-order chi connectivity index (χ0) is 18.5. The van der Waals surface area contributed by atoms with Crippen molar-refractivity contribution in [3.8, 4) is 5.69 Å². The van der Waals surface area contributed by atoms with Crippen LogP contribution in [0.1, 0.15) is 15.9 Å². The molecule has 2 aromatic heterocycles. The summed E-state index contributed by atoms with van der Waals surface area (Å²) in [4.78, 5) is 19.0. The molecular weight excluding hydrogens is 344 g/mol. The van der Waals surface area contributed by atoms with E-state index in [1.54, 1.807) is 29.2 Å². The van der Waals surface area contributed by atoms with Gasteiger partial charge in [0, 0.05) is 31.7 Å². The zero-order valence-corrected chi connectivity index (χ0v) is 14.8. The normalized spacial score (nSPS) is 14.1. The van der Waals surface area contributed by atoms with Crippen LogP contribution in [0.15, 0.2) is 61.1 Å². The van der Waals surface area contributed by atoms with Crippen molar-refractivity contribution in [3.63, 3.8) is 0 Å². The van der Waals surface area contributed by atoms with Crippen LogP contribution in [0.2, 0.25) is 0 Å². The zero-order valence-electron chi connectivity index (χ0n) is 14.8. The number of carbonyl (C=O) groups excluding carboxylic acids is 1. The van der Waals surface area contributed by atoms with E-state index in [1.807, 2.05) is 36.5 Å². The smallest absolute Gasteiger partial charge is 0.342 e. The van der Waals surface area contributed by atoms with Crippen LogP contribution in [0.4, 0.5) is 5.82 Å². The molecule has 0 N–H and O–H groups in total. The molecule has 0 atom stereocenters. The molecule has 1 aliphatic rings. The number of esters is 1. The van der Waals surface area contributed by atoms with Crippen molar-refractivity contribution in [1.29, 1.82) is 0 Å². The van der Waals surface area contributed by atoms with Crippen LogP contribution < -0.4 is 4.90 Å². The van der Waals surface area contributed by atoms with Crippen molar-refractivity contribution in [2.45, 2.75) is 6.61 Å². The van der Waals surface area contributed by atoms with E-state index in [-0.39, 0.29) is 12.6 Å². The lowest BCUT2D eigenvalue weighted by atomic mass is 10.2. The van der Waals surface area contributed by atoms with E-state index in [9.17, 15) is 4.79 Å². The Labute approximate surface area is 157 Å². The molecule has 0 bridgehead atoms. The lowest BCUT2D eigenvalue weighted by molar-refractivity contribution is 0.0472. The Morgan fingerprint density at radius 3 is 2.63 bits per heavy atom. The molecule has 4 rings (SSSR count). The fraction of sp³-hybridized carbons (Fsp3) is 0.250. The summed E-state index contributed by atoms with van der Waals surface area (Å²) in [6.45, 7) is 2.90. The third-order valence-corrected chi connectivity index (χ3v) is 4.39. The fourth-order valence-corrected chi connectivity index (χ4v) is 2.98. The van der Waals surface area contributed by atoms with Crippen molar-refractivity contribution in [2.75, 3.05) is 31.2 Å². The number of carbonyl (C=O) groups is 1. The summed E-state index contributed by atoms with van der Waals surface area (Å²) in [6.07, 6.45) is 5.30. The van der Waals surface area contributed by atoms with E-state index in [0.29, 0.717) is 37.7 Å². The number of aromatic nitrogens is 3. The highest BCUT2D eigenvalue weighted by atomic mass is 16.5. The van der Waals surface area contributed by atoms with E-state index in [2.05, 4.69) is 15.0 Å². The number of morpholine rings is 1. The molecule has 1 fully saturated rings. The van der Waals surface area contributed by atoms with Gasteiger partial charge >= 0.3 is 5.97 Å². The molecule has 0 unspecified atom stereocenters. The van der Waals surface area contributed by atoms with Crippen molar-refractivity contribution in [3.05, 3.63) is 72.2 Å². The maximum absolute atomic E-state index is 12.6. The van der Waals surface area contributed by atoms with Crippen LogP contribution >= 0.6 is 0 Å². The first kappa shape index (κ1) is 17.2. The van der Waals surface area contributed by atoms with Gasteiger partial charge in [-0.1, -0.05) is 12.1 Å². The minimum atomic E-state index is -0.374. The van der Waals surface area contributed by atoms with Gasteiger partial charge in [-0.05, 0) is 35.9 Å². The Kier molecular flexibility index (Phi) is 5.11. The van der Waals surface area contributed by atoms with Gasteiger partial charge in [0.2, 0.25) is 0 Å². The van der Waals surface area contributed by atoms with E-state index >= 15 is 0 Å². The Bertz CT molecular complexity index is 888. The molecule has 1 saturated heterocycles. The average Bonchev–Trinajstić information content (AvgIpc) is 3.28. The standard InChI is InChI=1S/C20H20N4O3/c25-20(18-3-1-8-21-19(18)23-11-13-26-14-12-23)27-15-16-4-6-17(7-5-16)24-10-2-9-22-24/h1-10H,11-15H2. The number of ether oxygens (including phenoxy) is 2. The number of hydrogen-bond acceptors (Lipinski definition) is 6. The largest absolute Gasteiger partial charge is 0.457 e. The molecule has 27 heavy (non-hydrogen) atoms. The molecule has 7 nitrogen and oxygen atoms in total. The first-order valence-electron chi connectivity index (χ1n) is 8.85. The number of anilines is 1. The summed E-state index contributed by atoms with van der Waals surface area (Å²) in [5.74, 6) is 0.278. The molecule has 1 aliphatic heterocycles. The maximum atomic E-state index is 12.6. The topological polar surface area (TPSA) is 69.5 Å². The third-order valence-electron chi connectivity index (χ3n) is 4.39. The van der Waals surface area contributed by atoms with Crippen LogP contribution in [0.5, 0.6) is 0 Å². The molecule has 0 radical (unpaired) electrons. The Balaban J connectivity index is 1.42. The molecule has 3 heterocycles. The lowest BCUT2D eigenvalue weighted by Gasteiger charge is -2.28. The Morgan fingerprint density at radius 1 is 1.07 bits per heavy atom. The minimum Gasteiger partial charge on any atom is -0.457 e. The fourth-order valence-electron chi connectivity index (χ4n) is 2.98. The van der Waals surface area contributed by atoms with Crippen LogP contribution in [0.3, 0.4) is 0 Å². The van der Waals surface area contributed by atoms with E-state index in [4.69, 9.17) is 9.47 Å². The van der Waals surface area contributed by atoms with E-state index in [0.717, 1.165) is 11.3 Å². The molecule has 3 aromatic rings. The van der Waals surface area contributed by atoms with E-state index in [1.165, 1.54) is 0 Å². The van der Waals surface area contributed by atoms with Gasteiger partial charge in [-0.3, -0.25) is 0 Å². The van der Waals surface area contributed by atoms with Gasteiger partial charge in [-0.2, -0.15) is 5.10 Å². The van der Waals surface area contributed by atoms with Crippen LogP contribution in [-0.2, 0) is 16.1 Å². The highest BCUT2D eigenvalue weighted by Gasteiger charge is 2.20. The van der Waals surface area contributed by atoms with Crippen LogP contribution in [-0.4, -0.2) is 47.0 Å². The maximum Gasteiger partial charge on any atom is 0.342 e. The van der Waals surface area contributed by atoms with Gasteiger partial charge in [-0.25, -0.2) is 14.5 Å². The van der Waals surface area contributed by atoms with Crippen molar-refractivity contribution in [2.24, 2.45) is 0 Å². The monoisotopic (exact) mass is 364 g/mol. The van der Waals surface area contributed by atoms with Crippen LogP contribution in [0.25, 0.3) is 5.69 Å². The van der Waals surface area contributed by atoms with E-state index < -0.39 is 0 Å². The third kappa shape index (κ3) is 3.98. The van der Waals surface area contributed by atoms with Crippen molar-refractivity contribution >= 4 is 11.8 Å². The number of hydrogen-bond donors (Lipinski definition) is 0. The second kappa shape index (κ2) is 8.01. The predicted octanol–water partition coefficient (Wildman–Crippen LogP) is 2.46. The Hall–Kier alpha value is -3.19. The second-order valence-electron chi connectivity index (χ2n) is 6.17. The summed E-state index contributed by atoms with van der Waals surface area (Å²) < 4.78 is 12.7. The van der Waals surface area contributed by atoms with Gasteiger partial charge < -0.3 is 14.4 Å². The van der Waals surface area contributed by atoms with Gasteiger partial charge in [0.05, 0.1) is 18.9 Å². The summed E-state index contributed by atoms with van der Waals surface area (Å²) >= 11 is 0. The second-order valence-corrected chi connectivity index (χ2v) is 6.17. The van der Waals surface area contributed by atoms with Crippen LogP contribution in [0, 0.1) is 0 Å². The first-order chi connectivity index (χ1) is 13.3. The van der Waals surface area contributed by atoms with Gasteiger partial charge in [0.1, 0.15) is 18.0 Å². The number of nitrogens with zero attached hydrogens (tertiary/aromatic N) is 4. The van der Waals surface area contributed by atoms with Gasteiger partial charge in [0.15, 0.2) is 0 Å². The molecule has 0 spiro atoms. The summed E-state index contributed by atoms with van der Waals surface area (Å²) in [6, 6.07) is 13.1. The Morgan fingerprint density at radius 2 is 1.89 bits per heavy atom. The first-order valence-corrected chi connectivity index (χ1v) is 8.85. The predicted molar refractivity (Wildman–Crippen MR) is 100.0 cm³/mol. The average molecular weight is 364 g/mol. The molecule has 7 heteroatoms. The highest BCUT2D eigenvalue weighted by molar-refractivity contribution is 5.94. The molecule has 0 saturated carbocycles. The highest BCUT2D eigenvalue weighted by Crippen LogP contribution is 2.20. The quantitative estimate of drug-likeness (QED) is 0.648. The molecular formula is C20H20N4O3. The van der Waals surface area contributed by atoms with Gasteiger partial charge in [-0.15, -0.1) is 0 Å². The number of benzene rings is 1. The minimum absolute atomic E-state index is 0.204. The molecule has 138 valence electrons. The SMILES string of the molecule is O=C(OCc1ccc(-n2cccn2)cc1)c1cccnc1N1CCOCC1. The summed E-state index contributed by atoms with van der Waals surface area (Å²) in [7, 11) is 0. The lowest BCUT2D eigenvalue weighted by Crippen LogP contribution is -2.37.